The Morgan fingerprint density at radius 3 is 2.45 bits per heavy atom. The van der Waals surface area contributed by atoms with Crippen LogP contribution in [-0.4, -0.2) is 34.7 Å². The first kappa shape index (κ1) is 24.9. The minimum atomic E-state index is -0.442. The smallest absolute Gasteiger partial charge is 0.328 e. The van der Waals surface area contributed by atoms with Crippen molar-refractivity contribution in [2.75, 3.05) is 13.2 Å². The third-order valence-corrected chi connectivity index (χ3v) is 6.39. The van der Waals surface area contributed by atoms with Gasteiger partial charge in [0.25, 0.3) is 5.56 Å². The van der Waals surface area contributed by atoms with Crippen molar-refractivity contribution in [2.45, 2.75) is 84.7 Å². The molecule has 182 valence electrons. The molecule has 3 rings (SSSR count). The fourth-order valence-electron chi connectivity index (χ4n) is 4.54. The first-order valence-electron chi connectivity index (χ1n) is 12.3. The molecule has 0 unspecified atom stereocenters. The van der Waals surface area contributed by atoms with Crippen molar-refractivity contribution in [3.05, 3.63) is 33.0 Å². The fourth-order valence-corrected chi connectivity index (χ4v) is 4.54. The van der Waals surface area contributed by atoms with Gasteiger partial charge in [0.05, 0.1) is 24.1 Å². The van der Waals surface area contributed by atoms with Gasteiger partial charge in [0, 0.05) is 25.1 Å². The number of aromatic amines is 1. The standard InChI is InChI=1S/C25H37N3O5/c1-4-32-21-15-18-20(16-22(21)33-5-2)27-25(31)28(24(18)30)14-10-6-7-13-23(29)26-19-12-9-8-11-17(19)3/h15-17,19H,4-14H2,1-3H3,(H,26,29)(H,27,31)/t17-,19+/m0/s1. The maximum Gasteiger partial charge on any atom is 0.328 e. The van der Waals surface area contributed by atoms with Crippen LogP contribution in [0.2, 0.25) is 0 Å². The highest BCUT2D eigenvalue weighted by atomic mass is 16.5. The number of carbonyl (C=O) groups excluding carboxylic acids is 1. The fraction of sp³-hybridized carbons (Fsp3) is 0.640. The highest BCUT2D eigenvalue weighted by Gasteiger charge is 2.22. The first-order chi connectivity index (χ1) is 15.9. The molecule has 1 aromatic carbocycles. The normalized spacial score (nSPS) is 18.3. The zero-order chi connectivity index (χ0) is 23.8. The molecule has 8 heteroatoms. The second-order valence-electron chi connectivity index (χ2n) is 8.84. The van der Waals surface area contributed by atoms with Crippen LogP contribution in [0.4, 0.5) is 0 Å². The third-order valence-electron chi connectivity index (χ3n) is 6.39. The summed E-state index contributed by atoms with van der Waals surface area (Å²) in [5, 5.41) is 3.56. The van der Waals surface area contributed by atoms with Gasteiger partial charge in [-0.15, -0.1) is 0 Å². The number of nitrogens with zero attached hydrogens (tertiary/aromatic N) is 1. The molecule has 1 saturated carbocycles. The van der Waals surface area contributed by atoms with Crippen LogP contribution in [0.25, 0.3) is 10.9 Å². The molecule has 2 atom stereocenters. The molecule has 1 aliphatic rings. The van der Waals surface area contributed by atoms with Crippen molar-refractivity contribution in [2.24, 2.45) is 5.92 Å². The molecule has 8 nitrogen and oxygen atoms in total. The van der Waals surface area contributed by atoms with Gasteiger partial charge in [-0.05, 0) is 51.5 Å². The number of amides is 1. The van der Waals surface area contributed by atoms with E-state index in [0.717, 1.165) is 19.3 Å². The summed E-state index contributed by atoms with van der Waals surface area (Å²) in [6.07, 6.45) is 7.31. The second kappa shape index (κ2) is 11.9. The van der Waals surface area contributed by atoms with Crippen molar-refractivity contribution in [3.8, 4) is 11.5 Å². The molecule has 0 radical (unpaired) electrons. The Labute approximate surface area is 194 Å². The van der Waals surface area contributed by atoms with Crippen molar-refractivity contribution in [3.63, 3.8) is 0 Å². The van der Waals surface area contributed by atoms with Crippen LogP contribution in [0.5, 0.6) is 11.5 Å². The summed E-state index contributed by atoms with van der Waals surface area (Å²) in [6, 6.07) is 3.57. The zero-order valence-corrected chi connectivity index (χ0v) is 20.1. The molecule has 0 aliphatic heterocycles. The second-order valence-corrected chi connectivity index (χ2v) is 8.84. The summed E-state index contributed by atoms with van der Waals surface area (Å²) < 4.78 is 12.4. The van der Waals surface area contributed by atoms with Crippen molar-refractivity contribution in [1.29, 1.82) is 0 Å². The van der Waals surface area contributed by atoms with Crippen molar-refractivity contribution >= 4 is 16.8 Å². The van der Waals surface area contributed by atoms with Crippen LogP contribution < -0.4 is 26.0 Å². The van der Waals surface area contributed by atoms with Crippen LogP contribution in [0, 0.1) is 5.92 Å². The Hall–Kier alpha value is -2.77. The number of nitrogens with one attached hydrogen (secondary N) is 2. The van der Waals surface area contributed by atoms with E-state index in [4.69, 9.17) is 9.47 Å². The zero-order valence-electron chi connectivity index (χ0n) is 20.1. The van der Waals surface area contributed by atoms with Gasteiger partial charge in [-0.25, -0.2) is 4.79 Å². The Morgan fingerprint density at radius 2 is 1.76 bits per heavy atom. The average Bonchev–Trinajstić information content (AvgIpc) is 2.78. The third kappa shape index (κ3) is 6.39. The molecule has 1 heterocycles. The van der Waals surface area contributed by atoms with Crippen molar-refractivity contribution < 1.29 is 14.3 Å². The number of rotatable bonds is 11. The van der Waals surface area contributed by atoms with E-state index in [2.05, 4.69) is 17.2 Å². The molecule has 1 fully saturated rings. The van der Waals surface area contributed by atoms with E-state index < -0.39 is 5.69 Å². The SMILES string of the molecule is CCOc1cc2[nH]c(=O)n(CCCCCC(=O)N[C@@H]3CCCC[C@@H]3C)c(=O)c2cc1OCC. The summed E-state index contributed by atoms with van der Waals surface area (Å²) in [5.41, 5.74) is -0.355. The predicted molar refractivity (Wildman–Crippen MR) is 129 cm³/mol. The average molecular weight is 460 g/mol. The monoisotopic (exact) mass is 459 g/mol. The van der Waals surface area contributed by atoms with Gasteiger partial charge in [0.15, 0.2) is 11.5 Å². The number of ether oxygens (including phenoxy) is 2. The Bertz CT molecular complexity index is 1060. The lowest BCUT2D eigenvalue weighted by molar-refractivity contribution is -0.122. The number of aromatic nitrogens is 2. The van der Waals surface area contributed by atoms with E-state index in [1.165, 1.54) is 23.8 Å². The highest BCUT2D eigenvalue weighted by molar-refractivity contribution is 5.81. The number of H-pyrrole nitrogens is 1. The largest absolute Gasteiger partial charge is 0.490 e. The van der Waals surface area contributed by atoms with E-state index >= 15 is 0 Å². The summed E-state index contributed by atoms with van der Waals surface area (Å²) >= 11 is 0. The molecule has 33 heavy (non-hydrogen) atoms. The number of benzene rings is 1. The molecule has 2 N–H and O–H groups in total. The van der Waals surface area contributed by atoms with Gasteiger partial charge in [0.1, 0.15) is 0 Å². The lowest BCUT2D eigenvalue weighted by Gasteiger charge is -2.29. The van der Waals surface area contributed by atoms with Gasteiger partial charge in [-0.3, -0.25) is 14.2 Å². The summed E-state index contributed by atoms with van der Waals surface area (Å²) in [5.74, 6) is 1.63. The van der Waals surface area contributed by atoms with E-state index in [9.17, 15) is 14.4 Å². The van der Waals surface area contributed by atoms with E-state index in [-0.39, 0.29) is 11.5 Å². The van der Waals surface area contributed by atoms with Gasteiger partial charge < -0.3 is 19.8 Å². The minimum absolute atomic E-state index is 0.100. The van der Waals surface area contributed by atoms with E-state index in [1.807, 2.05) is 13.8 Å². The van der Waals surface area contributed by atoms with Gasteiger partial charge in [-0.1, -0.05) is 26.2 Å². The maximum atomic E-state index is 13.0. The number of hydrogen-bond donors (Lipinski definition) is 2. The quantitative estimate of drug-likeness (QED) is 0.498. The molecule has 1 amide bonds. The topological polar surface area (TPSA) is 102 Å². The lowest BCUT2D eigenvalue weighted by atomic mass is 9.86. The van der Waals surface area contributed by atoms with Crippen LogP contribution >= 0.6 is 0 Å². The van der Waals surface area contributed by atoms with Gasteiger partial charge >= 0.3 is 5.69 Å². The molecular formula is C25H37N3O5. The Balaban J connectivity index is 1.58. The minimum Gasteiger partial charge on any atom is -0.490 e. The Morgan fingerprint density at radius 1 is 1.06 bits per heavy atom. The lowest BCUT2D eigenvalue weighted by Crippen LogP contribution is -2.40. The molecular weight excluding hydrogens is 422 g/mol. The van der Waals surface area contributed by atoms with E-state index in [1.54, 1.807) is 12.1 Å². The first-order valence-corrected chi connectivity index (χ1v) is 12.3. The number of carbonyl (C=O) groups is 1. The summed E-state index contributed by atoms with van der Waals surface area (Å²) in [6.45, 7) is 7.13. The number of hydrogen-bond acceptors (Lipinski definition) is 5. The van der Waals surface area contributed by atoms with Gasteiger partial charge in [0.2, 0.25) is 5.91 Å². The van der Waals surface area contributed by atoms with Crippen LogP contribution in [-0.2, 0) is 11.3 Å². The molecule has 0 bridgehead atoms. The van der Waals surface area contributed by atoms with Gasteiger partial charge in [-0.2, -0.15) is 0 Å². The van der Waals surface area contributed by atoms with E-state index in [0.29, 0.717) is 67.0 Å². The molecule has 1 aromatic heterocycles. The summed E-state index contributed by atoms with van der Waals surface area (Å²) in [7, 11) is 0. The molecule has 0 saturated heterocycles. The Kier molecular flexibility index (Phi) is 8.97. The van der Waals surface area contributed by atoms with Crippen LogP contribution in [0.1, 0.15) is 72.1 Å². The highest BCUT2D eigenvalue weighted by Crippen LogP contribution is 2.30. The maximum absolute atomic E-state index is 13.0. The predicted octanol–water partition coefficient (Wildman–Crippen LogP) is 3.74. The van der Waals surface area contributed by atoms with Crippen LogP contribution in [0.3, 0.4) is 0 Å². The van der Waals surface area contributed by atoms with Crippen molar-refractivity contribution in [1.82, 2.24) is 14.9 Å². The molecule has 1 aliphatic carbocycles. The summed E-state index contributed by atoms with van der Waals surface area (Å²) in [4.78, 5) is 40.6. The van der Waals surface area contributed by atoms with Crippen LogP contribution in [0.15, 0.2) is 21.7 Å². The number of fused-ring (bicyclic) bond motifs is 1. The molecule has 2 aromatic rings. The molecule has 0 spiro atoms. The number of unbranched alkanes of at least 4 members (excludes halogenated alkanes) is 2.